The highest BCUT2D eigenvalue weighted by Crippen LogP contribution is 2.16. The predicted molar refractivity (Wildman–Crippen MR) is 288 cm³/mol. The number of carbonyl (C=O) groups is 2. The molecule has 0 aliphatic carbocycles. The average Bonchev–Trinajstić information content (AvgIpc) is 3.32. The smallest absolute Gasteiger partial charge is 0.306 e. The fourth-order valence-electron chi connectivity index (χ4n) is 8.46. The maximum absolute atomic E-state index is 12.9. The second-order valence-electron chi connectivity index (χ2n) is 19.5. The molecular formula is C61H112O5. The van der Waals surface area contributed by atoms with Gasteiger partial charge >= 0.3 is 11.9 Å². The number of hydrogen-bond acceptors (Lipinski definition) is 5. The van der Waals surface area contributed by atoms with E-state index in [0.29, 0.717) is 19.4 Å². The fourth-order valence-corrected chi connectivity index (χ4v) is 8.46. The van der Waals surface area contributed by atoms with Crippen molar-refractivity contribution in [2.75, 3.05) is 19.8 Å². The van der Waals surface area contributed by atoms with Gasteiger partial charge in [0.05, 0.1) is 6.61 Å². The van der Waals surface area contributed by atoms with Gasteiger partial charge in [-0.15, -0.1) is 0 Å². The van der Waals surface area contributed by atoms with Crippen LogP contribution in [0.1, 0.15) is 303 Å². The molecule has 0 aromatic rings. The van der Waals surface area contributed by atoms with Crippen LogP contribution in [-0.4, -0.2) is 37.9 Å². The topological polar surface area (TPSA) is 61.8 Å². The molecule has 0 saturated heterocycles. The summed E-state index contributed by atoms with van der Waals surface area (Å²) in [5.74, 6) is -0.447. The summed E-state index contributed by atoms with van der Waals surface area (Å²) in [6.07, 6.45) is 71.4. The fraction of sp³-hybridized carbons (Fsp3) is 0.836. The molecule has 1 atom stereocenters. The van der Waals surface area contributed by atoms with E-state index in [9.17, 15) is 9.59 Å². The Morgan fingerprint density at radius 1 is 0.333 bits per heavy atom. The summed E-state index contributed by atoms with van der Waals surface area (Å²) in [5.41, 5.74) is 0. The van der Waals surface area contributed by atoms with Crippen molar-refractivity contribution in [2.24, 2.45) is 0 Å². The molecule has 0 fully saturated rings. The number of allylic oxidation sites excluding steroid dienone is 8. The zero-order valence-electron chi connectivity index (χ0n) is 44.5. The van der Waals surface area contributed by atoms with Crippen molar-refractivity contribution in [2.45, 2.75) is 309 Å². The lowest BCUT2D eigenvalue weighted by Crippen LogP contribution is -2.30. The molecular weight excluding hydrogens is 813 g/mol. The summed E-state index contributed by atoms with van der Waals surface area (Å²) in [4.78, 5) is 25.5. The molecule has 5 heteroatoms. The number of hydrogen-bond donors (Lipinski definition) is 0. The molecule has 0 aliphatic rings. The van der Waals surface area contributed by atoms with Gasteiger partial charge in [0.25, 0.3) is 0 Å². The molecule has 0 aliphatic heterocycles. The van der Waals surface area contributed by atoms with Gasteiger partial charge in [0.2, 0.25) is 0 Å². The van der Waals surface area contributed by atoms with Crippen molar-refractivity contribution in [3.63, 3.8) is 0 Å². The Balaban J connectivity index is 4.32. The molecule has 0 bridgehead atoms. The van der Waals surface area contributed by atoms with E-state index in [1.54, 1.807) is 0 Å². The van der Waals surface area contributed by atoms with Crippen LogP contribution >= 0.6 is 0 Å². The van der Waals surface area contributed by atoms with Gasteiger partial charge < -0.3 is 14.2 Å². The van der Waals surface area contributed by atoms with Crippen molar-refractivity contribution in [3.05, 3.63) is 48.6 Å². The third kappa shape index (κ3) is 54.5. The third-order valence-corrected chi connectivity index (χ3v) is 12.8. The van der Waals surface area contributed by atoms with Crippen LogP contribution in [0.2, 0.25) is 0 Å². The van der Waals surface area contributed by atoms with Crippen LogP contribution in [0.4, 0.5) is 0 Å². The lowest BCUT2D eigenvalue weighted by atomic mass is 10.0. The van der Waals surface area contributed by atoms with Crippen LogP contribution in [0.5, 0.6) is 0 Å². The van der Waals surface area contributed by atoms with E-state index < -0.39 is 6.10 Å². The average molecular weight is 926 g/mol. The van der Waals surface area contributed by atoms with E-state index in [2.05, 4.69) is 69.4 Å². The summed E-state index contributed by atoms with van der Waals surface area (Å²) >= 11 is 0. The van der Waals surface area contributed by atoms with Crippen LogP contribution in [-0.2, 0) is 23.8 Å². The Morgan fingerprint density at radius 3 is 1.08 bits per heavy atom. The van der Waals surface area contributed by atoms with Crippen molar-refractivity contribution in [1.29, 1.82) is 0 Å². The van der Waals surface area contributed by atoms with Gasteiger partial charge in [0.1, 0.15) is 6.61 Å². The Morgan fingerprint density at radius 2 is 0.652 bits per heavy atom. The Labute approximate surface area is 412 Å². The second-order valence-corrected chi connectivity index (χ2v) is 19.5. The minimum absolute atomic E-state index is 0.0613. The van der Waals surface area contributed by atoms with Gasteiger partial charge in [-0.2, -0.15) is 0 Å². The van der Waals surface area contributed by atoms with Gasteiger partial charge in [0.15, 0.2) is 6.10 Å². The Bertz CT molecular complexity index is 1090. The SMILES string of the molecule is CCCCCCCC/C=C\C/C=C\C/C=C\CCCC(=O)OC[C@@H](COCCCCCCCCCCCCCCCCCC)OC(=O)CCCCCCCCC/C=C\CCCCCCCC. The summed E-state index contributed by atoms with van der Waals surface area (Å²) in [6, 6.07) is 0. The lowest BCUT2D eigenvalue weighted by Gasteiger charge is -2.18. The maximum Gasteiger partial charge on any atom is 0.306 e. The molecule has 0 aromatic heterocycles. The number of carbonyl (C=O) groups excluding carboxylic acids is 2. The molecule has 0 amide bonds. The van der Waals surface area contributed by atoms with Crippen molar-refractivity contribution >= 4 is 11.9 Å². The first-order chi connectivity index (χ1) is 32.6. The van der Waals surface area contributed by atoms with Crippen LogP contribution in [0.25, 0.3) is 0 Å². The first kappa shape index (κ1) is 63.9. The van der Waals surface area contributed by atoms with E-state index in [1.807, 2.05) is 0 Å². The van der Waals surface area contributed by atoms with E-state index in [0.717, 1.165) is 57.8 Å². The van der Waals surface area contributed by atoms with Crippen molar-refractivity contribution in [3.8, 4) is 0 Å². The highest BCUT2D eigenvalue weighted by molar-refractivity contribution is 5.70. The molecule has 0 unspecified atom stereocenters. The molecule has 0 radical (unpaired) electrons. The number of ether oxygens (including phenoxy) is 3. The highest BCUT2D eigenvalue weighted by Gasteiger charge is 2.17. The van der Waals surface area contributed by atoms with Crippen LogP contribution in [0.3, 0.4) is 0 Å². The monoisotopic (exact) mass is 925 g/mol. The summed E-state index contributed by atoms with van der Waals surface area (Å²) < 4.78 is 17.4. The molecule has 0 rings (SSSR count). The molecule has 386 valence electrons. The van der Waals surface area contributed by atoms with Crippen LogP contribution < -0.4 is 0 Å². The largest absolute Gasteiger partial charge is 0.462 e. The van der Waals surface area contributed by atoms with Crippen molar-refractivity contribution < 1.29 is 23.8 Å². The Hall–Kier alpha value is -2.14. The predicted octanol–water partition coefficient (Wildman–Crippen LogP) is 19.9. The lowest BCUT2D eigenvalue weighted by molar-refractivity contribution is -0.163. The summed E-state index contributed by atoms with van der Waals surface area (Å²) in [5, 5.41) is 0. The minimum Gasteiger partial charge on any atom is -0.462 e. The van der Waals surface area contributed by atoms with Gasteiger partial charge in [-0.05, 0) is 77.0 Å². The second kappa shape index (κ2) is 57.2. The normalized spacial score (nSPS) is 12.5. The molecule has 0 N–H and O–H groups in total. The van der Waals surface area contributed by atoms with Gasteiger partial charge in [-0.3, -0.25) is 9.59 Å². The van der Waals surface area contributed by atoms with Crippen LogP contribution in [0, 0.1) is 0 Å². The number of esters is 2. The molecule has 0 aromatic carbocycles. The molecule has 66 heavy (non-hydrogen) atoms. The van der Waals surface area contributed by atoms with E-state index in [4.69, 9.17) is 14.2 Å². The minimum atomic E-state index is -0.556. The van der Waals surface area contributed by atoms with E-state index >= 15 is 0 Å². The first-order valence-electron chi connectivity index (χ1n) is 29.2. The molecule has 0 saturated carbocycles. The summed E-state index contributed by atoms with van der Waals surface area (Å²) in [6.45, 7) is 7.81. The highest BCUT2D eigenvalue weighted by atomic mass is 16.6. The maximum atomic E-state index is 12.9. The quantitative estimate of drug-likeness (QED) is 0.0345. The zero-order chi connectivity index (χ0) is 47.7. The molecule has 5 nitrogen and oxygen atoms in total. The zero-order valence-corrected chi connectivity index (χ0v) is 44.5. The number of rotatable bonds is 54. The van der Waals surface area contributed by atoms with Gasteiger partial charge in [-0.1, -0.05) is 262 Å². The number of unbranched alkanes of at least 4 members (excludes halogenated alkanes) is 35. The first-order valence-corrected chi connectivity index (χ1v) is 29.2. The Kier molecular flexibility index (Phi) is 55.3. The van der Waals surface area contributed by atoms with E-state index in [1.165, 1.54) is 212 Å². The standard InChI is InChI=1S/C61H112O5/c1-4-7-10-13-16-19-22-25-28-31-33-36-39-42-45-48-51-54-60(62)65-58-59(57-64-56-53-50-47-44-41-38-35-30-27-24-21-18-15-12-9-6-3)66-61(63)55-52-49-46-43-40-37-34-32-29-26-23-20-17-14-11-8-5-2/h25-26,28-29,33,36,42,45,59H,4-24,27,30-32,34-35,37-41,43-44,46-58H2,1-3H3/b28-25-,29-26-,36-33-,45-42-/t59-/m1/s1. The van der Waals surface area contributed by atoms with Gasteiger partial charge in [0, 0.05) is 19.4 Å². The van der Waals surface area contributed by atoms with Gasteiger partial charge in [-0.25, -0.2) is 0 Å². The summed E-state index contributed by atoms with van der Waals surface area (Å²) in [7, 11) is 0. The molecule has 0 spiro atoms. The molecule has 0 heterocycles. The third-order valence-electron chi connectivity index (χ3n) is 12.8. The van der Waals surface area contributed by atoms with Crippen molar-refractivity contribution in [1.82, 2.24) is 0 Å². The van der Waals surface area contributed by atoms with E-state index in [-0.39, 0.29) is 25.2 Å². The van der Waals surface area contributed by atoms with Crippen LogP contribution in [0.15, 0.2) is 48.6 Å².